The minimum Gasteiger partial charge on any atom is -0.467 e. The third-order valence-corrected chi connectivity index (χ3v) is 7.11. The molecule has 0 bridgehead atoms. The molecule has 0 spiro atoms. The largest absolute Gasteiger partial charge is 0.467 e. The van der Waals surface area contributed by atoms with E-state index in [4.69, 9.17) is 9.26 Å². The molecular weight excluding hydrogens is 507 g/mol. The van der Waals surface area contributed by atoms with Crippen molar-refractivity contribution in [2.24, 2.45) is 5.92 Å². The van der Waals surface area contributed by atoms with Crippen LogP contribution in [-0.2, 0) is 41.1 Å². The Morgan fingerprint density at radius 3 is 2.29 bits per heavy atom. The number of esters is 1. The first-order chi connectivity index (χ1) is 18.1. The van der Waals surface area contributed by atoms with Gasteiger partial charge in [0.25, 0.3) is 0 Å². The SMILES string of the molecule is COC(=O)C(Cc1ccccc1)OP(=O)(O)CNC(=O)C(NC(=O)Cc1cccc2ccccc12)C(C)C. The fourth-order valence-electron chi connectivity index (χ4n) is 4.03. The number of nitrogens with one attached hydrogen (secondary N) is 2. The average Bonchev–Trinajstić information content (AvgIpc) is 2.90. The number of amides is 2. The number of carbonyl (C=O) groups is 3. The molecule has 3 rings (SSSR count). The fourth-order valence-corrected chi connectivity index (χ4v) is 5.01. The van der Waals surface area contributed by atoms with E-state index in [1.54, 1.807) is 44.2 Å². The van der Waals surface area contributed by atoms with Gasteiger partial charge in [0.05, 0.1) is 13.5 Å². The molecule has 9 nitrogen and oxygen atoms in total. The molecule has 3 N–H and O–H groups in total. The van der Waals surface area contributed by atoms with E-state index in [9.17, 15) is 23.8 Å². The van der Waals surface area contributed by atoms with Gasteiger partial charge >= 0.3 is 13.6 Å². The van der Waals surface area contributed by atoms with E-state index in [0.29, 0.717) is 5.56 Å². The van der Waals surface area contributed by atoms with Crippen LogP contribution in [0.2, 0.25) is 0 Å². The van der Waals surface area contributed by atoms with Crippen molar-refractivity contribution in [3.63, 3.8) is 0 Å². The molecule has 202 valence electrons. The van der Waals surface area contributed by atoms with Crippen LogP contribution in [0.25, 0.3) is 10.8 Å². The molecule has 3 aromatic carbocycles. The van der Waals surface area contributed by atoms with Gasteiger partial charge in [0.15, 0.2) is 6.10 Å². The normalized spacial score (nSPS) is 14.3. The van der Waals surface area contributed by atoms with Gasteiger partial charge in [-0.05, 0) is 27.8 Å². The summed E-state index contributed by atoms with van der Waals surface area (Å²) in [6, 6.07) is 21.3. The molecule has 0 aromatic heterocycles. The van der Waals surface area contributed by atoms with Crippen LogP contribution in [0.1, 0.15) is 25.0 Å². The molecule has 3 atom stereocenters. The van der Waals surface area contributed by atoms with Gasteiger partial charge in [-0.1, -0.05) is 86.6 Å². The van der Waals surface area contributed by atoms with E-state index in [0.717, 1.165) is 23.4 Å². The zero-order chi connectivity index (χ0) is 27.7. The van der Waals surface area contributed by atoms with Gasteiger partial charge in [-0.25, -0.2) is 4.79 Å². The van der Waals surface area contributed by atoms with Gasteiger partial charge in [-0.2, -0.15) is 0 Å². The van der Waals surface area contributed by atoms with Crippen LogP contribution in [0.15, 0.2) is 72.8 Å². The van der Waals surface area contributed by atoms with E-state index in [1.807, 2.05) is 42.5 Å². The number of methoxy groups -OCH3 is 1. The van der Waals surface area contributed by atoms with Crippen LogP contribution in [-0.4, -0.2) is 48.2 Å². The highest BCUT2D eigenvalue weighted by Gasteiger charge is 2.33. The lowest BCUT2D eigenvalue weighted by atomic mass is 10.0. The highest BCUT2D eigenvalue weighted by molar-refractivity contribution is 7.52. The van der Waals surface area contributed by atoms with E-state index >= 15 is 0 Å². The van der Waals surface area contributed by atoms with Gasteiger partial charge in [-0.3, -0.25) is 18.7 Å². The maximum Gasteiger partial charge on any atom is 0.347 e. The Bertz CT molecular complexity index is 1310. The lowest BCUT2D eigenvalue weighted by Crippen LogP contribution is -2.50. The molecule has 3 unspecified atom stereocenters. The van der Waals surface area contributed by atoms with Crippen molar-refractivity contribution >= 4 is 36.2 Å². The Morgan fingerprint density at radius 2 is 1.61 bits per heavy atom. The van der Waals surface area contributed by atoms with Crippen LogP contribution in [0.5, 0.6) is 0 Å². The molecule has 3 aromatic rings. The number of ether oxygens (including phenoxy) is 1. The summed E-state index contributed by atoms with van der Waals surface area (Å²) in [7, 11) is -3.28. The van der Waals surface area contributed by atoms with Crippen molar-refractivity contribution in [1.82, 2.24) is 10.6 Å². The zero-order valence-electron chi connectivity index (χ0n) is 21.6. The summed E-state index contributed by atoms with van der Waals surface area (Å²) in [4.78, 5) is 48.3. The summed E-state index contributed by atoms with van der Waals surface area (Å²) < 4.78 is 22.7. The van der Waals surface area contributed by atoms with E-state index < -0.39 is 37.9 Å². The lowest BCUT2D eigenvalue weighted by Gasteiger charge is -2.24. The van der Waals surface area contributed by atoms with Crippen LogP contribution < -0.4 is 10.6 Å². The predicted octanol–water partition coefficient (Wildman–Crippen LogP) is 3.58. The lowest BCUT2D eigenvalue weighted by molar-refractivity contribution is -0.149. The average molecular weight is 541 g/mol. The highest BCUT2D eigenvalue weighted by atomic mass is 31.2. The second kappa shape index (κ2) is 13.3. The summed E-state index contributed by atoms with van der Waals surface area (Å²) in [5.74, 6) is -2.10. The van der Waals surface area contributed by atoms with Crippen molar-refractivity contribution in [2.75, 3.05) is 13.4 Å². The minimum atomic E-state index is -4.44. The quantitative estimate of drug-likeness (QED) is 0.236. The molecule has 38 heavy (non-hydrogen) atoms. The first-order valence-corrected chi connectivity index (χ1v) is 14.0. The number of fused-ring (bicyclic) bond motifs is 1. The van der Waals surface area contributed by atoms with Crippen molar-refractivity contribution < 1.29 is 33.1 Å². The van der Waals surface area contributed by atoms with Crippen LogP contribution in [0.3, 0.4) is 0 Å². The summed E-state index contributed by atoms with van der Waals surface area (Å²) in [6.45, 7) is 3.51. The van der Waals surface area contributed by atoms with Crippen LogP contribution >= 0.6 is 7.60 Å². The minimum absolute atomic E-state index is 0.0187. The number of benzene rings is 3. The molecule has 0 radical (unpaired) electrons. The summed E-state index contributed by atoms with van der Waals surface area (Å²) in [5.41, 5.74) is 1.53. The highest BCUT2D eigenvalue weighted by Crippen LogP contribution is 2.42. The van der Waals surface area contributed by atoms with Gasteiger partial charge in [0.1, 0.15) is 12.3 Å². The van der Waals surface area contributed by atoms with Crippen molar-refractivity contribution in [1.29, 1.82) is 0 Å². The number of carbonyl (C=O) groups excluding carboxylic acids is 3. The van der Waals surface area contributed by atoms with Crippen LogP contribution in [0.4, 0.5) is 0 Å². The molecule has 0 aliphatic carbocycles. The first-order valence-electron chi connectivity index (χ1n) is 12.3. The van der Waals surface area contributed by atoms with Crippen molar-refractivity contribution in [3.8, 4) is 0 Å². The predicted molar refractivity (Wildman–Crippen MR) is 144 cm³/mol. The molecular formula is C28H33N2O7P. The van der Waals surface area contributed by atoms with E-state index in [-0.39, 0.29) is 24.7 Å². The Hall–Kier alpha value is -3.52. The van der Waals surface area contributed by atoms with Gasteiger partial charge < -0.3 is 20.3 Å². The molecule has 2 amide bonds. The van der Waals surface area contributed by atoms with Gasteiger partial charge in [0, 0.05) is 6.42 Å². The summed E-state index contributed by atoms with van der Waals surface area (Å²) >= 11 is 0. The smallest absolute Gasteiger partial charge is 0.347 e. The molecule has 0 saturated carbocycles. The van der Waals surface area contributed by atoms with Crippen molar-refractivity contribution in [3.05, 3.63) is 83.9 Å². The Labute approximate surface area is 222 Å². The Balaban J connectivity index is 1.61. The second-order valence-electron chi connectivity index (χ2n) is 9.25. The summed E-state index contributed by atoms with van der Waals surface area (Å²) in [6.07, 6.45) is -1.99. The van der Waals surface area contributed by atoms with Gasteiger partial charge in [0.2, 0.25) is 11.8 Å². The molecule has 0 saturated heterocycles. The third kappa shape index (κ3) is 8.25. The molecule has 10 heteroatoms. The monoisotopic (exact) mass is 540 g/mol. The number of hydrogen-bond acceptors (Lipinski definition) is 6. The van der Waals surface area contributed by atoms with E-state index in [2.05, 4.69) is 10.6 Å². The maximum atomic E-state index is 12.9. The second-order valence-corrected chi connectivity index (χ2v) is 11.0. The van der Waals surface area contributed by atoms with Crippen LogP contribution in [0, 0.1) is 5.92 Å². The standard InChI is InChI=1S/C28H33N2O7P/c1-19(2)26(30-25(31)17-22-14-9-13-21-12-7-8-15-23(21)22)27(32)29-18-38(34,35)37-24(28(33)36-3)16-20-10-5-4-6-11-20/h4-15,19,24,26H,16-18H2,1-3H3,(H,29,32)(H,30,31)(H,34,35). The topological polar surface area (TPSA) is 131 Å². The Kier molecular flexibility index (Phi) is 10.2. The Morgan fingerprint density at radius 1 is 0.947 bits per heavy atom. The number of hydrogen-bond donors (Lipinski definition) is 3. The number of rotatable bonds is 12. The zero-order valence-corrected chi connectivity index (χ0v) is 22.5. The maximum absolute atomic E-state index is 12.9. The molecule has 0 aliphatic rings. The van der Waals surface area contributed by atoms with E-state index in [1.165, 1.54) is 0 Å². The van der Waals surface area contributed by atoms with Gasteiger partial charge in [-0.15, -0.1) is 0 Å². The molecule has 0 aliphatic heterocycles. The molecule has 0 fully saturated rings. The molecule has 0 heterocycles. The summed E-state index contributed by atoms with van der Waals surface area (Å²) in [5, 5.41) is 7.07. The fraction of sp³-hybridized carbons (Fsp3) is 0.321. The van der Waals surface area contributed by atoms with Crippen molar-refractivity contribution in [2.45, 2.75) is 38.8 Å². The first kappa shape index (κ1) is 29.0. The third-order valence-electron chi connectivity index (χ3n) is 5.97.